The van der Waals surface area contributed by atoms with Crippen molar-refractivity contribution in [2.75, 3.05) is 27.1 Å². The summed E-state index contributed by atoms with van der Waals surface area (Å²) in [6.45, 7) is 0. The summed E-state index contributed by atoms with van der Waals surface area (Å²) in [4.78, 5) is 11.5. The lowest BCUT2D eigenvalue weighted by Gasteiger charge is -2.11. The summed E-state index contributed by atoms with van der Waals surface area (Å²) in [6.07, 6.45) is 0. The van der Waals surface area contributed by atoms with Crippen LogP contribution in [0.25, 0.3) is 11.1 Å². The zero-order chi connectivity index (χ0) is 15.4. The number of anilines is 1. The molecule has 0 spiro atoms. The van der Waals surface area contributed by atoms with E-state index in [0.29, 0.717) is 22.7 Å². The molecule has 0 heterocycles. The third-order valence-corrected chi connectivity index (χ3v) is 3.17. The lowest BCUT2D eigenvalue weighted by molar-refractivity contribution is 0.0602. The number of hydrogen-bond donors (Lipinski definition) is 1. The molecule has 0 saturated heterocycles. The Balaban J connectivity index is 2.43. The molecule has 21 heavy (non-hydrogen) atoms. The molecule has 2 rings (SSSR count). The van der Waals surface area contributed by atoms with Crippen molar-refractivity contribution in [2.24, 2.45) is 0 Å². The molecular formula is C16H17NO4. The fourth-order valence-electron chi connectivity index (χ4n) is 2.05. The average molecular weight is 287 g/mol. The monoisotopic (exact) mass is 287 g/mol. The van der Waals surface area contributed by atoms with E-state index < -0.39 is 5.97 Å². The van der Waals surface area contributed by atoms with Gasteiger partial charge in [0, 0.05) is 5.69 Å². The van der Waals surface area contributed by atoms with Crippen LogP contribution in [0.1, 0.15) is 10.4 Å². The maximum Gasteiger partial charge on any atom is 0.339 e. The Labute approximate surface area is 123 Å². The van der Waals surface area contributed by atoms with Crippen LogP contribution in [0, 0.1) is 0 Å². The van der Waals surface area contributed by atoms with Crippen LogP contribution in [0.5, 0.6) is 11.5 Å². The second-order valence-corrected chi connectivity index (χ2v) is 4.36. The van der Waals surface area contributed by atoms with Gasteiger partial charge in [-0.2, -0.15) is 0 Å². The van der Waals surface area contributed by atoms with Crippen molar-refractivity contribution in [3.05, 3.63) is 42.0 Å². The Morgan fingerprint density at radius 2 is 1.52 bits per heavy atom. The first-order valence-corrected chi connectivity index (χ1v) is 6.31. The van der Waals surface area contributed by atoms with E-state index in [9.17, 15) is 4.79 Å². The molecule has 5 nitrogen and oxygen atoms in total. The van der Waals surface area contributed by atoms with Crippen molar-refractivity contribution in [3.63, 3.8) is 0 Å². The summed E-state index contributed by atoms with van der Waals surface area (Å²) >= 11 is 0. The van der Waals surface area contributed by atoms with E-state index in [1.54, 1.807) is 26.4 Å². The highest BCUT2D eigenvalue weighted by Crippen LogP contribution is 2.33. The first kappa shape index (κ1) is 14.7. The minimum atomic E-state index is -0.452. The number of nitrogen functional groups attached to an aromatic ring is 1. The molecule has 0 radical (unpaired) electrons. The SMILES string of the molecule is COC(=O)c1ccc(-c2ccc(OC)c(OC)c2)cc1N. The van der Waals surface area contributed by atoms with Crippen LogP contribution >= 0.6 is 0 Å². The zero-order valence-electron chi connectivity index (χ0n) is 12.2. The van der Waals surface area contributed by atoms with Gasteiger partial charge < -0.3 is 19.9 Å². The van der Waals surface area contributed by atoms with E-state index in [-0.39, 0.29) is 0 Å². The topological polar surface area (TPSA) is 70.8 Å². The van der Waals surface area contributed by atoms with Gasteiger partial charge in [-0.05, 0) is 35.4 Å². The molecule has 0 aliphatic rings. The highest BCUT2D eigenvalue weighted by atomic mass is 16.5. The van der Waals surface area contributed by atoms with Crippen molar-refractivity contribution < 1.29 is 19.0 Å². The molecule has 0 aliphatic heterocycles. The molecule has 0 atom stereocenters. The normalized spacial score (nSPS) is 10.0. The molecule has 2 N–H and O–H groups in total. The summed E-state index contributed by atoms with van der Waals surface area (Å²) in [5, 5.41) is 0. The van der Waals surface area contributed by atoms with Gasteiger partial charge in [-0.1, -0.05) is 12.1 Å². The number of carbonyl (C=O) groups is 1. The Bertz CT molecular complexity index is 667. The van der Waals surface area contributed by atoms with Gasteiger partial charge in [0.2, 0.25) is 0 Å². The van der Waals surface area contributed by atoms with Crippen LogP contribution in [0.15, 0.2) is 36.4 Å². The second kappa shape index (κ2) is 6.17. The Hall–Kier alpha value is -2.69. The first-order chi connectivity index (χ1) is 10.1. The van der Waals surface area contributed by atoms with Gasteiger partial charge in [0.15, 0.2) is 11.5 Å². The molecular weight excluding hydrogens is 270 g/mol. The summed E-state index contributed by atoms with van der Waals surface area (Å²) in [6, 6.07) is 10.8. The van der Waals surface area contributed by atoms with E-state index in [1.807, 2.05) is 24.3 Å². The van der Waals surface area contributed by atoms with Gasteiger partial charge in [0.05, 0.1) is 26.9 Å². The Kier molecular flexibility index (Phi) is 4.33. The van der Waals surface area contributed by atoms with E-state index >= 15 is 0 Å². The van der Waals surface area contributed by atoms with Gasteiger partial charge in [-0.25, -0.2) is 4.79 Å². The summed E-state index contributed by atoms with van der Waals surface area (Å²) in [5.74, 6) is 0.831. The van der Waals surface area contributed by atoms with Crippen LogP contribution in [-0.4, -0.2) is 27.3 Å². The largest absolute Gasteiger partial charge is 0.493 e. The highest BCUT2D eigenvalue weighted by molar-refractivity contribution is 5.96. The van der Waals surface area contributed by atoms with Crippen molar-refractivity contribution in [2.45, 2.75) is 0 Å². The Morgan fingerprint density at radius 1 is 0.905 bits per heavy atom. The fraction of sp³-hybridized carbons (Fsp3) is 0.188. The number of rotatable bonds is 4. The van der Waals surface area contributed by atoms with Crippen LogP contribution in [-0.2, 0) is 4.74 Å². The fourth-order valence-corrected chi connectivity index (χ4v) is 2.05. The summed E-state index contributed by atoms with van der Waals surface area (Å²) < 4.78 is 15.2. The molecule has 0 unspecified atom stereocenters. The molecule has 2 aromatic rings. The van der Waals surface area contributed by atoms with Crippen molar-refractivity contribution in [1.82, 2.24) is 0 Å². The number of hydrogen-bond acceptors (Lipinski definition) is 5. The van der Waals surface area contributed by atoms with Gasteiger partial charge in [-0.15, -0.1) is 0 Å². The average Bonchev–Trinajstić information content (AvgIpc) is 2.53. The first-order valence-electron chi connectivity index (χ1n) is 6.31. The highest BCUT2D eigenvalue weighted by Gasteiger charge is 2.12. The lowest BCUT2D eigenvalue weighted by atomic mass is 10.0. The minimum Gasteiger partial charge on any atom is -0.493 e. The summed E-state index contributed by atoms with van der Waals surface area (Å²) in [5.41, 5.74) is 8.41. The van der Waals surface area contributed by atoms with Crippen LogP contribution in [0.4, 0.5) is 5.69 Å². The second-order valence-electron chi connectivity index (χ2n) is 4.36. The molecule has 110 valence electrons. The third kappa shape index (κ3) is 2.91. The number of nitrogens with two attached hydrogens (primary N) is 1. The van der Waals surface area contributed by atoms with Crippen LogP contribution in [0.3, 0.4) is 0 Å². The molecule has 0 saturated carbocycles. The quantitative estimate of drug-likeness (QED) is 0.691. The molecule has 2 aromatic carbocycles. The minimum absolute atomic E-state index is 0.349. The van der Waals surface area contributed by atoms with Gasteiger partial charge in [0.25, 0.3) is 0 Å². The van der Waals surface area contributed by atoms with Gasteiger partial charge >= 0.3 is 5.97 Å². The van der Waals surface area contributed by atoms with Gasteiger partial charge in [0.1, 0.15) is 0 Å². The van der Waals surface area contributed by atoms with Crippen molar-refractivity contribution >= 4 is 11.7 Å². The van der Waals surface area contributed by atoms with E-state index in [1.165, 1.54) is 7.11 Å². The molecule has 0 aromatic heterocycles. The number of carbonyl (C=O) groups excluding carboxylic acids is 1. The standard InChI is InChI=1S/C16H17NO4/c1-19-14-7-5-11(9-15(14)20-2)10-4-6-12(13(17)8-10)16(18)21-3/h4-9H,17H2,1-3H3. The molecule has 0 fully saturated rings. The van der Waals surface area contributed by atoms with Crippen molar-refractivity contribution in [3.8, 4) is 22.6 Å². The molecule has 5 heteroatoms. The van der Waals surface area contributed by atoms with Crippen LogP contribution < -0.4 is 15.2 Å². The Morgan fingerprint density at radius 3 is 2.10 bits per heavy atom. The van der Waals surface area contributed by atoms with E-state index in [2.05, 4.69) is 4.74 Å². The maximum atomic E-state index is 11.5. The van der Waals surface area contributed by atoms with Crippen molar-refractivity contribution in [1.29, 1.82) is 0 Å². The lowest BCUT2D eigenvalue weighted by Crippen LogP contribution is -2.05. The molecule has 0 aliphatic carbocycles. The molecule has 0 bridgehead atoms. The third-order valence-electron chi connectivity index (χ3n) is 3.17. The van der Waals surface area contributed by atoms with E-state index in [0.717, 1.165) is 11.1 Å². The number of methoxy groups -OCH3 is 3. The number of esters is 1. The van der Waals surface area contributed by atoms with E-state index in [4.69, 9.17) is 15.2 Å². The van der Waals surface area contributed by atoms with Gasteiger partial charge in [-0.3, -0.25) is 0 Å². The number of ether oxygens (including phenoxy) is 3. The predicted molar refractivity (Wildman–Crippen MR) is 80.7 cm³/mol. The smallest absolute Gasteiger partial charge is 0.339 e. The zero-order valence-corrected chi connectivity index (χ0v) is 12.2. The summed E-state index contributed by atoms with van der Waals surface area (Å²) in [7, 11) is 4.49. The maximum absolute atomic E-state index is 11.5. The van der Waals surface area contributed by atoms with Crippen LogP contribution in [0.2, 0.25) is 0 Å². The predicted octanol–water partition coefficient (Wildman–Crippen LogP) is 2.74. The number of benzene rings is 2. The molecule has 0 amide bonds.